The predicted molar refractivity (Wildman–Crippen MR) is 85.3 cm³/mol. The third-order valence-electron chi connectivity index (χ3n) is 4.60. The van der Waals surface area contributed by atoms with Gasteiger partial charge in [-0.1, -0.05) is 60.6 Å². The molecule has 0 saturated carbocycles. The zero-order valence-electron chi connectivity index (χ0n) is 14.5. The Balaban J connectivity index is 4.74. The third kappa shape index (κ3) is 7.69. The first-order chi connectivity index (χ1) is 8.42. The van der Waals surface area contributed by atoms with Gasteiger partial charge < -0.3 is 0 Å². The van der Waals surface area contributed by atoms with E-state index in [9.17, 15) is 4.91 Å². The Morgan fingerprint density at radius 2 is 1.42 bits per heavy atom. The molecule has 2 heteroatoms. The molecule has 1 atom stereocenters. The molecule has 0 bridgehead atoms. The maximum absolute atomic E-state index is 10.4. The minimum Gasteiger partial charge on any atom is -0.151 e. The number of nitrogens with zero attached hydrogens (tertiary/aromatic N) is 1. The van der Waals surface area contributed by atoms with E-state index in [0.717, 1.165) is 6.42 Å². The van der Waals surface area contributed by atoms with Gasteiger partial charge in [-0.05, 0) is 47.8 Å². The molecule has 0 aromatic carbocycles. The molecule has 19 heavy (non-hydrogen) atoms. The SMILES string of the molecule is CC(C)C(C)(CCC(C)(C)C)CC(C)(C)CCN=O. The Hall–Kier alpha value is -0.400. The average Bonchev–Trinajstić information content (AvgIpc) is 2.22. The summed E-state index contributed by atoms with van der Waals surface area (Å²) in [4.78, 5) is 10.4. The fourth-order valence-corrected chi connectivity index (χ4v) is 2.77. The van der Waals surface area contributed by atoms with Gasteiger partial charge in [0.05, 0.1) is 6.54 Å². The second-order valence-corrected chi connectivity index (χ2v) is 8.81. The van der Waals surface area contributed by atoms with Gasteiger partial charge in [0.2, 0.25) is 0 Å². The number of nitroso groups, excluding NO2 is 1. The van der Waals surface area contributed by atoms with Crippen molar-refractivity contribution >= 4 is 0 Å². The van der Waals surface area contributed by atoms with Gasteiger partial charge in [0.25, 0.3) is 0 Å². The standard InChI is InChI=1S/C17H35NO/c1-14(2)17(8,10-9-15(3,4)5)13-16(6,7)11-12-18-19/h14H,9-13H2,1-8H3. The van der Waals surface area contributed by atoms with Crippen molar-refractivity contribution in [2.45, 2.75) is 81.1 Å². The van der Waals surface area contributed by atoms with Gasteiger partial charge in [-0.15, -0.1) is 0 Å². The summed E-state index contributed by atoms with van der Waals surface area (Å²) >= 11 is 0. The molecule has 114 valence electrons. The van der Waals surface area contributed by atoms with Gasteiger partial charge in [-0.3, -0.25) is 0 Å². The summed E-state index contributed by atoms with van der Waals surface area (Å²) in [6.45, 7) is 19.0. The van der Waals surface area contributed by atoms with Crippen LogP contribution in [-0.4, -0.2) is 6.54 Å². The fourth-order valence-electron chi connectivity index (χ4n) is 2.77. The molecule has 0 aliphatic rings. The van der Waals surface area contributed by atoms with Crippen LogP contribution in [0.4, 0.5) is 0 Å². The molecule has 0 spiro atoms. The van der Waals surface area contributed by atoms with Gasteiger partial charge in [-0.2, -0.15) is 4.91 Å². The molecule has 0 heterocycles. The zero-order valence-corrected chi connectivity index (χ0v) is 14.5. The Morgan fingerprint density at radius 1 is 0.895 bits per heavy atom. The van der Waals surface area contributed by atoms with E-state index in [0.29, 0.717) is 23.3 Å². The molecular weight excluding hydrogens is 234 g/mol. The predicted octanol–water partition coefficient (Wildman–Crippen LogP) is 6.05. The fraction of sp³-hybridized carbons (Fsp3) is 1.00. The van der Waals surface area contributed by atoms with Crippen molar-refractivity contribution in [1.29, 1.82) is 0 Å². The highest BCUT2D eigenvalue weighted by molar-refractivity contribution is 4.86. The number of rotatable bonds is 8. The average molecular weight is 269 g/mol. The minimum atomic E-state index is 0.199. The molecule has 0 aromatic rings. The van der Waals surface area contributed by atoms with Crippen LogP contribution in [0.15, 0.2) is 5.18 Å². The minimum absolute atomic E-state index is 0.199. The van der Waals surface area contributed by atoms with Gasteiger partial charge in [0, 0.05) is 0 Å². The van der Waals surface area contributed by atoms with Gasteiger partial charge in [0.1, 0.15) is 0 Å². The Labute approximate surface area is 120 Å². The van der Waals surface area contributed by atoms with E-state index in [-0.39, 0.29) is 5.41 Å². The molecule has 0 radical (unpaired) electrons. The smallest absolute Gasteiger partial charge is 0.0816 e. The lowest BCUT2D eigenvalue weighted by Crippen LogP contribution is -2.32. The van der Waals surface area contributed by atoms with E-state index in [4.69, 9.17) is 0 Å². The maximum atomic E-state index is 10.4. The first-order valence-electron chi connectivity index (χ1n) is 7.71. The zero-order chi connectivity index (χ0) is 15.3. The third-order valence-corrected chi connectivity index (χ3v) is 4.60. The lowest BCUT2D eigenvalue weighted by Gasteiger charge is -2.42. The molecule has 0 aliphatic heterocycles. The van der Waals surface area contributed by atoms with Crippen LogP contribution in [0, 0.1) is 27.1 Å². The summed E-state index contributed by atoms with van der Waals surface area (Å²) in [6, 6.07) is 0. The summed E-state index contributed by atoms with van der Waals surface area (Å²) in [6.07, 6.45) is 4.58. The summed E-state index contributed by atoms with van der Waals surface area (Å²) in [7, 11) is 0. The number of hydrogen-bond acceptors (Lipinski definition) is 2. The van der Waals surface area contributed by atoms with Crippen molar-refractivity contribution in [2.75, 3.05) is 6.54 Å². The maximum Gasteiger partial charge on any atom is 0.0816 e. The molecule has 0 N–H and O–H groups in total. The molecule has 2 nitrogen and oxygen atoms in total. The van der Waals surface area contributed by atoms with E-state index in [2.05, 4.69) is 60.6 Å². The van der Waals surface area contributed by atoms with Crippen molar-refractivity contribution in [1.82, 2.24) is 0 Å². The lowest BCUT2D eigenvalue weighted by molar-refractivity contribution is 0.0888. The van der Waals surface area contributed by atoms with E-state index in [1.165, 1.54) is 19.3 Å². The topological polar surface area (TPSA) is 29.4 Å². The van der Waals surface area contributed by atoms with E-state index < -0.39 is 0 Å². The van der Waals surface area contributed by atoms with Crippen molar-refractivity contribution in [3.63, 3.8) is 0 Å². The van der Waals surface area contributed by atoms with E-state index in [1.807, 2.05) is 0 Å². The second-order valence-electron chi connectivity index (χ2n) is 8.81. The van der Waals surface area contributed by atoms with Crippen molar-refractivity contribution < 1.29 is 0 Å². The largest absolute Gasteiger partial charge is 0.151 e. The molecular formula is C17H35NO. The van der Waals surface area contributed by atoms with Crippen molar-refractivity contribution in [3.8, 4) is 0 Å². The van der Waals surface area contributed by atoms with Crippen molar-refractivity contribution in [3.05, 3.63) is 4.91 Å². The quantitative estimate of drug-likeness (QED) is 0.493. The summed E-state index contributed by atoms with van der Waals surface area (Å²) in [5.41, 5.74) is 0.940. The highest BCUT2D eigenvalue weighted by Crippen LogP contribution is 2.46. The van der Waals surface area contributed by atoms with Gasteiger partial charge >= 0.3 is 0 Å². The van der Waals surface area contributed by atoms with Crippen LogP contribution in [0.5, 0.6) is 0 Å². The Kier molecular flexibility index (Phi) is 6.71. The van der Waals surface area contributed by atoms with Gasteiger partial charge in [-0.25, -0.2) is 0 Å². The van der Waals surface area contributed by atoms with Crippen LogP contribution >= 0.6 is 0 Å². The van der Waals surface area contributed by atoms with Crippen molar-refractivity contribution in [2.24, 2.45) is 27.3 Å². The second kappa shape index (κ2) is 6.85. The molecule has 0 fully saturated rings. The van der Waals surface area contributed by atoms with Crippen LogP contribution in [0.2, 0.25) is 0 Å². The highest BCUT2D eigenvalue weighted by Gasteiger charge is 2.35. The highest BCUT2D eigenvalue weighted by atomic mass is 16.3. The summed E-state index contributed by atoms with van der Waals surface area (Å²) in [5, 5.41) is 3.03. The number of hydrogen-bond donors (Lipinski definition) is 0. The molecule has 0 rings (SSSR count). The van der Waals surface area contributed by atoms with Crippen LogP contribution < -0.4 is 0 Å². The molecule has 0 aliphatic carbocycles. The summed E-state index contributed by atoms with van der Waals surface area (Å²) < 4.78 is 0. The van der Waals surface area contributed by atoms with Crippen LogP contribution in [-0.2, 0) is 0 Å². The first-order valence-corrected chi connectivity index (χ1v) is 7.71. The molecule has 1 unspecified atom stereocenters. The Bertz CT molecular complexity index is 275. The van der Waals surface area contributed by atoms with Crippen LogP contribution in [0.1, 0.15) is 81.1 Å². The molecule has 0 amide bonds. The Morgan fingerprint density at radius 3 is 1.79 bits per heavy atom. The monoisotopic (exact) mass is 269 g/mol. The molecule has 0 saturated heterocycles. The van der Waals surface area contributed by atoms with Gasteiger partial charge in [0.15, 0.2) is 0 Å². The summed E-state index contributed by atoms with van der Waals surface area (Å²) in [5.74, 6) is 0.665. The molecule has 0 aromatic heterocycles. The van der Waals surface area contributed by atoms with E-state index >= 15 is 0 Å². The van der Waals surface area contributed by atoms with Crippen LogP contribution in [0.3, 0.4) is 0 Å². The normalized spacial score (nSPS) is 16.5. The van der Waals surface area contributed by atoms with E-state index in [1.54, 1.807) is 0 Å². The first kappa shape index (κ1) is 18.6. The van der Waals surface area contributed by atoms with Crippen LogP contribution in [0.25, 0.3) is 0 Å². The lowest BCUT2D eigenvalue weighted by atomic mass is 9.63.